The Morgan fingerprint density at radius 3 is 2.71 bits per heavy atom. The number of rotatable bonds is 6. The maximum Gasteiger partial charge on any atom is 0.419 e. The first-order valence-corrected chi connectivity index (χ1v) is 6.45. The molecule has 0 radical (unpaired) electrons. The largest absolute Gasteiger partial charge is 0.491 e. The Morgan fingerprint density at radius 1 is 1.29 bits per heavy atom. The minimum atomic E-state index is -4.36. The van der Waals surface area contributed by atoms with Gasteiger partial charge in [-0.3, -0.25) is 4.68 Å². The molecule has 0 saturated heterocycles. The molecule has 1 aromatic heterocycles. The third-order valence-corrected chi connectivity index (χ3v) is 2.88. The van der Waals surface area contributed by atoms with E-state index in [2.05, 4.69) is 10.4 Å². The molecule has 7 heteroatoms. The van der Waals surface area contributed by atoms with E-state index in [1.165, 1.54) is 4.68 Å². The van der Waals surface area contributed by atoms with Crippen molar-refractivity contribution in [2.45, 2.75) is 19.3 Å². The first-order chi connectivity index (χ1) is 10.0. The summed E-state index contributed by atoms with van der Waals surface area (Å²) in [5, 5.41) is 6.71. The van der Waals surface area contributed by atoms with Crippen molar-refractivity contribution in [2.24, 2.45) is 0 Å². The number of ether oxygens (including phenoxy) is 1. The highest BCUT2D eigenvalue weighted by molar-refractivity contribution is 5.33. The molecule has 1 heterocycles. The van der Waals surface area contributed by atoms with Crippen LogP contribution in [0.4, 0.5) is 13.2 Å². The van der Waals surface area contributed by atoms with Crippen molar-refractivity contribution in [1.29, 1.82) is 0 Å². The van der Waals surface area contributed by atoms with Gasteiger partial charge in [0.15, 0.2) is 0 Å². The van der Waals surface area contributed by atoms with Crippen molar-refractivity contribution in [3.8, 4) is 5.75 Å². The van der Waals surface area contributed by atoms with Crippen molar-refractivity contribution in [1.82, 2.24) is 15.1 Å². The Hall–Kier alpha value is -2.02. The maximum absolute atomic E-state index is 12.4. The van der Waals surface area contributed by atoms with Crippen LogP contribution < -0.4 is 10.1 Å². The van der Waals surface area contributed by atoms with Gasteiger partial charge in [0.25, 0.3) is 0 Å². The summed E-state index contributed by atoms with van der Waals surface area (Å²) in [7, 11) is 1.83. The minimum Gasteiger partial charge on any atom is -0.491 e. The summed E-state index contributed by atoms with van der Waals surface area (Å²) in [4.78, 5) is 0. The van der Waals surface area contributed by atoms with E-state index in [1.54, 1.807) is 0 Å². The predicted molar refractivity (Wildman–Crippen MR) is 71.9 cm³/mol. The van der Waals surface area contributed by atoms with Crippen LogP contribution in [0.25, 0.3) is 0 Å². The molecule has 0 saturated carbocycles. The van der Waals surface area contributed by atoms with Gasteiger partial charge in [-0.25, -0.2) is 0 Å². The van der Waals surface area contributed by atoms with Crippen molar-refractivity contribution in [3.63, 3.8) is 0 Å². The third-order valence-electron chi connectivity index (χ3n) is 2.88. The van der Waals surface area contributed by atoms with E-state index >= 15 is 0 Å². The molecule has 0 aliphatic rings. The minimum absolute atomic E-state index is 0.250. The van der Waals surface area contributed by atoms with Crippen molar-refractivity contribution in [2.75, 3.05) is 13.7 Å². The van der Waals surface area contributed by atoms with Crippen molar-refractivity contribution in [3.05, 3.63) is 47.8 Å². The molecule has 0 aliphatic heterocycles. The SMILES string of the molecule is CNCc1ccccc1OCCn1cc(C(F)(F)F)cn1. The molecule has 0 bridgehead atoms. The second kappa shape index (κ2) is 6.62. The van der Waals surface area contributed by atoms with E-state index in [9.17, 15) is 13.2 Å². The number of benzene rings is 1. The number of aromatic nitrogens is 2. The van der Waals surface area contributed by atoms with Gasteiger partial charge in [0, 0.05) is 18.3 Å². The third kappa shape index (κ3) is 4.22. The Labute approximate surface area is 120 Å². The summed E-state index contributed by atoms with van der Waals surface area (Å²) in [5.74, 6) is 0.718. The predicted octanol–water partition coefficient (Wildman–Crippen LogP) is 2.70. The smallest absolute Gasteiger partial charge is 0.419 e. The Kier molecular flexibility index (Phi) is 4.85. The highest BCUT2D eigenvalue weighted by Gasteiger charge is 2.32. The van der Waals surface area contributed by atoms with E-state index < -0.39 is 11.7 Å². The van der Waals surface area contributed by atoms with Crippen LogP contribution in [0.2, 0.25) is 0 Å². The molecule has 0 spiro atoms. The molecule has 0 fully saturated rings. The van der Waals surface area contributed by atoms with Crippen LogP contribution in [0.5, 0.6) is 5.75 Å². The quantitative estimate of drug-likeness (QED) is 0.891. The zero-order valence-corrected chi connectivity index (χ0v) is 11.5. The van der Waals surface area contributed by atoms with Gasteiger partial charge in [-0.15, -0.1) is 0 Å². The average molecular weight is 299 g/mol. The van der Waals surface area contributed by atoms with E-state index in [4.69, 9.17) is 4.74 Å². The molecule has 4 nitrogen and oxygen atoms in total. The molecule has 21 heavy (non-hydrogen) atoms. The van der Waals surface area contributed by atoms with Crippen LogP contribution in [0.15, 0.2) is 36.7 Å². The van der Waals surface area contributed by atoms with Crippen LogP contribution in [0.1, 0.15) is 11.1 Å². The summed E-state index contributed by atoms with van der Waals surface area (Å²) in [6.45, 7) is 1.17. The lowest BCUT2D eigenvalue weighted by molar-refractivity contribution is -0.137. The number of hydrogen-bond acceptors (Lipinski definition) is 3. The Bertz CT molecular complexity index is 581. The molecule has 114 valence electrons. The highest BCUT2D eigenvalue weighted by Crippen LogP contribution is 2.28. The molecule has 0 atom stereocenters. The lowest BCUT2D eigenvalue weighted by Gasteiger charge is -2.11. The number of nitrogens with zero attached hydrogens (tertiary/aromatic N) is 2. The zero-order chi connectivity index (χ0) is 15.3. The number of para-hydroxylation sites is 1. The number of nitrogens with one attached hydrogen (secondary N) is 1. The lowest BCUT2D eigenvalue weighted by atomic mass is 10.2. The molecule has 0 unspecified atom stereocenters. The Balaban J connectivity index is 1.91. The van der Waals surface area contributed by atoms with Crippen LogP contribution in [0.3, 0.4) is 0 Å². The van der Waals surface area contributed by atoms with E-state index in [1.807, 2.05) is 31.3 Å². The highest BCUT2D eigenvalue weighted by atomic mass is 19.4. The van der Waals surface area contributed by atoms with Gasteiger partial charge in [-0.1, -0.05) is 18.2 Å². The molecule has 1 aromatic carbocycles. The topological polar surface area (TPSA) is 39.1 Å². The van der Waals surface area contributed by atoms with E-state index in [0.29, 0.717) is 6.54 Å². The summed E-state index contributed by atoms with van der Waals surface area (Å²) in [5.41, 5.74) is 0.245. The normalized spacial score (nSPS) is 11.6. The van der Waals surface area contributed by atoms with Gasteiger partial charge in [0.1, 0.15) is 12.4 Å². The first kappa shape index (κ1) is 15.4. The molecule has 0 aliphatic carbocycles. The molecule has 2 aromatic rings. The van der Waals surface area contributed by atoms with Crippen LogP contribution in [-0.4, -0.2) is 23.4 Å². The fourth-order valence-corrected chi connectivity index (χ4v) is 1.86. The van der Waals surface area contributed by atoms with Gasteiger partial charge < -0.3 is 10.1 Å². The van der Waals surface area contributed by atoms with Gasteiger partial charge in [-0.2, -0.15) is 18.3 Å². The van der Waals surface area contributed by atoms with Gasteiger partial charge in [0.2, 0.25) is 0 Å². The fraction of sp³-hybridized carbons (Fsp3) is 0.357. The fourth-order valence-electron chi connectivity index (χ4n) is 1.86. The summed E-state index contributed by atoms with van der Waals surface area (Å²) in [6, 6.07) is 7.52. The first-order valence-electron chi connectivity index (χ1n) is 6.45. The molecule has 1 N–H and O–H groups in total. The van der Waals surface area contributed by atoms with Gasteiger partial charge in [-0.05, 0) is 13.1 Å². The molecule has 2 rings (SSSR count). The van der Waals surface area contributed by atoms with Crippen molar-refractivity contribution >= 4 is 0 Å². The van der Waals surface area contributed by atoms with E-state index in [-0.39, 0.29) is 13.2 Å². The summed E-state index contributed by atoms with van der Waals surface area (Å²) in [6.07, 6.45) is -2.57. The number of halogens is 3. The monoisotopic (exact) mass is 299 g/mol. The molecular formula is C14H16F3N3O. The second-order valence-corrected chi connectivity index (χ2v) is 4.48. The Morgan fingerprint density at radius 2 is 2.05 bits per heavy atom. The molecule has 0 amide bonds. The van der Waals surface area contributed by atoms with Crippen molar-refractivity contribution < 1.29 is 17.9 Å². The maximum atomic E-state index is 12.4. The summed E-state index contributed by atoms with van der Waals surface area (Å²) >= 11 is 0. The zero-order valence-electron chi connectivity index (χ0n) is 11.5. The standard InChI is InChI=1S/C14H16F3N3O/c1-18-8-11-4-2-3-5-13(11)21-7-6-20-10-12(9-19-20)14(15,16)17/h2-5,9-10,18H,6-8H2,1H3. The average Bonchev–Trinajstić information content (AvgIpc) is 2.90. The molecular weight excluding hydrogens is 283 g/mol. The van der Waals surface area contributed by atoms with Gasteiger partial charge in [0.05, 0.1) is 18.3 Å². The van der Waals surface area contributed by atoms with Crippen LogP contribution in [-0.2, 0) is 19.3 Å². The van der Waals surface area contributed by atoms with Crippen LogP contribution >= 0.6 is 0 Å². The van der Waals surface area contributed by atoms with Crippen LogP contribution in [0, 0.1) is 0 Å². The van der Waals surface area contributed by atoms with E-state index in [0.717, 1.165) is 23.7 Å². The number of hydrogen-bond donors (Lipinski definition) is 1. The lowest BCUT2D eigenvalue weighted by Crippen LogP contribution is -2.12. The summed E-state index contributed by atoms with van der Waals surface area (Å²) < 4.78 is 44.1. The van der Waals surface area contributed by atoms with Gasteiger partial charge >= 0.3 is 6.18 Å². The second-order valence-electron chi connectivity index (χ2n) is 4.48. The number of alkyl halides is 3.